The Morgan fingerprint density at radius 1 is 1.09 bits per heavy atom. The number of hydrogen-bond donors (Lipinski definition) is 1. The van der Waals surface area contributed by atoms with Gasteiger partial charge < -0.3 is 9.84 Å². The maximum atomic E-state index is 14.9. The van der Waals surface area contributed by atoms with Crippen LogP contribution in [0.25, 0.3) is 0 Å². The number of rotatable bonds is 12. The van der Waals surface area contributed by atoms with Crippen molar-refractivity contribution in [2.45, 2.75) is 72.2 Å². The summed E-state index contributed by atoms with van der Waals surface area (Å²) in [5.41, 5.74) is -3.55. The molecule has 1 rings (SSSR count). The van der Waals surface area contributed by atoms with Gasteiger partial charge in [0.2, 0.25) is 5.67 Å². The highest BCUT2D eigenvalue weighted by molar-refractivity contribution is 8.14. The maximum absolute atomic E-state index is 14.9. The first-order valence-corrected chi connectivity index (χ1v) is 14.6. The highest BCUT2D eigenvalue weighted by Gasteiger charge is 2.55. The summed E-state index contributed by atoms with van der Waals surface area (Å²) in [6.07, 6.45) is 2.31. The molecular weight excluding hydrogens is 517 g/mol. The third kappa shape index (κ3) is 9.78. The van der Waals surface area contributed by atoms with E-state index < -0.39 is 49.1 Å². The molecule has 1 fully saturated rings. The zero-order chi connectivity index (χ0) is 27.1. The topological polar surface area (TPSA) is 108 Å². The number of terminal acetylenes is 1. The van der Waals surface area contributed by atoms with Crippen LogP contribution in [0.3, 0.4) is 0 Å². The molecular formula is C22H36BFO8PS2. The number of carbonyl (C=O) groups excluding carboxylic acids is 2. The fraction of sp³-hybridized carbons (Fsp3) is 0.818. The van der Waals surface area contributed by atoms with Gasteiger partial charge in [-0.15, -0.1) is 6.42 Å². The Labute approximate surface area is 217 Å². The summed E-state index contributed by atoms with van der Waals surface area (Å²) in [7, 11) is -2.83. The predicted octanol–water partition coefficient (Wildman–Crippen LogP) is 3.94. The van der Waals surface area contributed by atoms with Gasteiger partial charge in [-0.1, -0.05) is 77.8 Å². The van der Waals surface area contributed by atoms with E-state index in [4.69, 9.17) is 24.7 Å². The minimum Gasteiger partial charge on any atom is -0.386 e. The van der Waals surface area contributed by atoms with Gasteiger partial charge in [-0.3, -0.25) is 23.2 Å². The van der Waals surface area contributed by atoms with Crippen LogP contribution in [0.2, 0.25) is 6.82 Å². The SMILES string of the molecule is C#C[C@]1(F)[C@H]([B]C)O[C@H](COP(=O)(OCCSC(=O)C(C)(C)C)OCCSC(=O)C(C)(C)C)[C@H]1O. The second kappa shape index (κ2) is 13.4. The highest BCUT2D eigenvalue weighted by atomic mass is 32.2. The number of aliphatic hydroxyl groups excluding tert-OH is 1. The summed E-state index contributed by atoms with van der Waals surface area (Å²) < 4.78 is 49.6. The van der Waals surface area contributed by atoms with E-state index in [2.05, 4.69) is 0 Å². The molecule has 1 saturated heterocycles. The first-order valence-electron chi connectivity index (χ1n) is 11.2. The van der Waals surface area contributed by atoms with Gasteiger partial charge in [0.05, 0.1) is 25.8 Å². The van der Waals surface area contributed by atoms with E-state index in [0.29, 0.717) is 0 Å². The summed E-state index contributed by atoms with van der Waals surface area (Å²) in [4.78, 5) is 24.1. The zero-order valence-corrected chi connectivity index (χ0v) is 23.9. The molecule has 0 aromatic heterocycles. The molecule has 0 aliphatic carbocycles. The largest absolute Gasteiger partial charge is 0.474 e. The standard InChI is InChI=1S/C22H36BFO8PS2/c1-9-22(24)16(25)15(32-17(22)23-8)14-31-33(28,29-10-12-34-18(26)20(2,3)4)30-11-13-35-19(27)21(5,6)7/h1,15-17,25H,10-14H2,2-8H3/t15-,16-,17-,22-/m1/s1. The van der Waals surface area contributed by atoms with Gasteiger partial charge in [-0.2, -0.15) is 0 Å². The van der Waals surface area contributed by atoms with E-state index in [0.717, 1.165) is 23.5 Å². The van der Waals surface area contributed by atoms with Crippen LogP contribution in [0, 0.1) is 23.2 Å². The highest BCUT2D eigenvalue weighted by Crippen LogP contribution is 2.50. The van der Waals surface area contributed by atoms with E-state index >= 15 is 0 Å². The molecule has 0 spiro atoms. The van der Waals surface area contributed by atoms with Crippen molar-refractivity contribution in [2.75, 3.05) is 31.3 Å². The number of alkyl halides is 1. The van der Waals surface area contributed by atoms with Crippen LogP contribution in [0.5, 0.6) is 0 Å². The first kappa shape index (κ1) is 32.7. The molecule has 1 aliphatic rings. The lowest BCUT2D eigenvalue weighted by Crippen LogP contribution is -2.45. The van der Waals surface area contributed by atoms with Crippen LogP contribution in [-0.4, -0.2) is 77.8 Å². The number of phosphoric ester groups is 1. The van der Waals surface area contributed by atoms with E-state index in [1.54, 1.807) is 41.5 Å². The summed E-state index contributed by atoms with van der Waals surface area (Å²) in [6.45, 7) is 11.5. The van der Waals surface area contributed by atoms with Crippen molar-refractivity contribution in [3.05, 3.63) is 0 Å². The lowest BCUT2D eigenvalue weighted by atomic mass is 9.67. The van der Waals surface area contributed by atoms with Gasteiger partial charge in [0.25, 0.3) is 0 Å². The molecule has 0 aromatic carbocycles. The molecule has 0 amide bonds. The number of hydrogen-bond acceptors (Lipinski definition) is 10. The molecule has 1 N–H and O–H groups in total. The molecule has 4 atom stereocenters. The predicted molar refractivity (Wildman–Crippen MR) is 138 cm³/mol. The van der Waals surface area contributed by atoms with Gasteiger partial charge in [-0.05, 0) is 0 Å². The Morgan fingerprint density at radius 2 is 1.54 bits per heavy atom. The van der Waals surface area contributed by atoms with Gasteiger partial charge >= 0.3 is 7.82 Å². The number of phosphoric acid groups is 1. The minimum atomic E-state index is -4.20. The van der Waals surface area contributed by atoms with Crippen molar-refractivity contribution in [1.82, 2.24) is 0 Å². The van der Waals surface area contributed by atoms with Crippen molar-refractivity contribution in [1.29, 1.82) is 0 Å². The monoisotopic (exact) mass is 553 g/mol. The number of carbonyl (C=O) groups is 2. The fourth-order valence-electron chi connectivity index (χ4n) is 2.70. The molecule has 199 valence electrons. The van der Waals surface area contributed by atoms with Crippen LogP contribution >= 0.6 is 31.3 Å². The van der Waals surface area contributed by atoms with Crippen LogP contribution in [0.15, 0.2) is 0 Å². The summed E-state index contributed by atoms with van der Waals surface area (Å²) in [5, 5.41) is 10.2. The molecule has 0 bridgehead atoms. The Balaban J connectivity index is 2.77. The van der Waals surface area contributed by atoms with Gasteiger partial charge in [0.15, 0.2) is 17.5 Å². The molecule has 0 unspecified atom stereocenters. The number of thioether (sulfide) groups is 2. The molecule has 0 saturated carbocycles. The lowest BCUT2D eigenvalue weighted by Gasteiger charge is -2.23. The maximum Gasteiger partial charge on any atom is 0.474 e. The Bertz CT molecular complexity index is 788. The number of ether oxygens (including phenoxy) is 1. The summed E-state index contributed by atoms with van der Waals surface area (Å²) in [5.74, 6) is 2.32. The molecule has 8 nitrogen and oxygen atoms in total. The van der Waals surface area contributed by atoms with E-state index in [-0.39, 0.29) is 35.0 Å². The molecule has 1 radical (unpaired) electrons. The van der Waals surface area contributed by atoms with Crippen LogP contribution in [-0.2, 0) is 32.5 Å². The Kier molecular flexibility index (Phi) is 12.5. The third-order valence-corrected chi connectivity index (χ3v) is 8.75. The second-order valence-electron chi connectivity index (χ2n) is 9.97. The average Bonchev–Trinajstić information content (AvgIpc) is 3.01. The fourth-order valence-corrected chi connectivity index (χ4v) is 5.70. The Hall–Kier alpha value is -0.375. The van der Waals surface area contributed by atoms with Crippen molar-refractivity contribution in [2.24, 2.45) is 10.8 Å². The van der Waals surface area contributed by atoms with E-state index in [1.807, 2.05) is 5.92 Å². The van der Waals surface area contributed by atoms with Crippen molar-refractivity contribution in [3.8, 4) is 12.3 Å². The van der Waals surface area contributed by atoms with Crippen LogP contribution < -0.4 is 0 Å². The summed E-state index contributed by atoms with van der Waals surface area (Å²) >= 11 is 2.05. The molecule has 35 heavy (non-hydrogen) atoms. The number of aliphatic hydroxyl groups is 1. The Morgan fingerprint density at radius 3 is 1.89 bits per heavy atom. The molecule has 0 aromatic rings. The quantitative estimate of drug-likeness (QED) is 0.165. The summed E-state index contributed by atoms with van der Waals surface area (Å²) in [6, 6.07) is -1.17. The normalized spacial score (nSPS) is 25.3. The molecule has 1 heterocycles. The first-order chi connectivity index (χ1) is 16.0. The lowest BCUT2D eigenvalue weighted by molar-refractivity contribution is -0.118. The van der Waals surface area contributed by atoms with Crippen LogP contribution in [0.4, 0.5) is 4.39 Å². The molecule has 1 aliphatic heterocycles. The van der Waals surface area contributed by atoms with Gasteiger partial charge in [-0.25, -0.2) is 8.96 Å². The zero-order valence-electron chi connectivity index (χ0n) is 21.4. The minimum absolute atomic E-state index is 0.0623. The number of halogens is 1. The average molecular weight is 553 g/mol. The van der Waals surface area contributed by atoms with Crippen LogP contribution in [0.1, 0.15) is 41.5 Å². The second-order valence-corrected chi connectivity index (χ2v) is 13.8. The van der Waals surface area contributed by atoms with Gasteiger partial charge in [0, 0.05) is 22.3 Å². The van der Waals surface area contributed by atoms with E-state index in [9.17, 15) is 23.7 Å². The van der Waals surface area contributed by atoms with Gasteiger partial charge in [0.1, 0.15) is 12.2 Å². The third-order valence-electron chi connectivity index (χ3n) is 4.80. The van der Waals surface area contributed by atoms with Crippen molar-refractivity contribution < 1.29 is 42.0 Å². The van der Waals surface area contributed by atoms with E-state index in [1.165, 1.54) is 14.1 Å². The van der Waals surface area contributed by atoms with Crippen molar-refractivity contribution in [3.63, 3.8) is 0 Å². The molecule has 13 heteroatoms. The van der Waals surface area contributed by atoms with Crippen molar-refractivity contribution >= 4 is 48.9 Å². The smallest absolute Gasteiger partial charge is 0.386 e.